The van der Waals surface area contributed by atoms with Crippen LogP contribution in [-0.4, -0.2) is 12.5 Å². The summed E-state index contributed by atoms with van der Waals surface area (Å²) >= 11 is 0. The molecule has 0 spiro atoms. The number of quaternary nitrogens is 1. The van der Waals surface area contributed by atoms with Crippen LogP contribution in [0, 0.1) is 6.92 Å². The van der Waals surface area contributed by atoms with Crippen LogP contribution in [0.4, 0.5) is 5.69 Å². The Hall–Kier alpha value is -2.13. The van der Waals surface area contributed by atoms with Crippen molar-refractivity contribution in [3.8, 4) is 0 Å². The number of amides is 1. The molecule has 3 heteroatoms. The fourth-order valence-corrected chi connectivity index (χ4v) is 2.11. The fraction of sp³-hybridized carbons (Fsp3) is 0.235. The minimum Gasteiger partial charge on any atom is -0.333 e. The molecule has 104 valence electrons. The molecular formula is C17H21N2O+. The molecule has 0 aliphatic rings. The van der Waals surface area contributed by atoms with Gasteiger partial charge < -0.3 is 10.6 Å². The van der Waals surface area contributed by atoms with Crippen molar-refractivity contribution in [1.82, 2.24) is 0 Å². The van der Waals surface area contributed by atoms with Gasteiger partial charge in [-0.15, -0.1) is 0 Å². The van der Waals surface area contributed by atoms with E-state index in [0.717, 1.165) is 11.3 Å². The number of aryl methyl sites for hydroxylation is 1. The molecule has 2 aromatic rings. The van der Waals surface area contributed by atoms with Crippen LogP contribution in [0.25, 0.3) is 0 Å². The second-order valence-electron chi connectivity index (χ2n) is 5.06. The van der Waals surface area contributed by atoms with Crippen molar-refractivity contribution in [3.63, 3.8) is 0 Å². The second kappa shape index (κ2) is 6.87. The van der Waals surface area contributed by atoms with Gasteiger partial charge in [0.1, 0.15) is 6.04 Å². The number of carbonyl (C=O) groups is 1. The lowest BCUT2D eigenvalue weighted by Gasteiger charge is -2.11. The molecule has 0 aliphatic heterocycles. The second-order valence-corrected chi connectivity index (χ2v) is 5.06. The molecule has 3 N–H and O–H groups in total. The number of rotatable bonds is 5. The molecule has 0 bridgehead atoms. The normalized spacial score (nSPS) is 11.9. The van der Waals surface area contributed by atoms with Gasteiger partial charge in [-0.3, -0.25) is 4.79 Å². The molecule has 0 saturated carbocycles. The largest absolute Gasteiger partial charge is 0.333 e. The van der Waals surface area contributed by atoms with E-state index in [1.165, 1.54) is 5.56 Å². The molecular weight excluding hydrogens is 248 g/mol. The van der Waals surface area contributed by atoms with Gasteiger partial charge >= 0.3 is 0 Å². The lowest BCUT2D eigenvalue weighted by atomic mass is 10.1. The first-order valence-corrected chi connectivity index (χ1v) is 6.90. The van der Waals surface area contributed by atoms with Crippen LogP contribution < -0.4 is 10.6 Å². The van der Waals surface area contributed by atoms with E-state index in [-0.39, 0.29) is 11.9 Å². The first-order valence-electron chi connectivity index (χ1n) is 6.90. The maximum Gasteiger partial charge on any atom is 0.279 e. The van der Waals surface area contributed by atoms with Gasteiger partial charge in [-0.05, 0) is 31.5 Å². The van der Waals surface area contributed by atoms with Crippen molar-refractivity contribution in [2.75, 3.05) is 11.9 Å². The monoisotopic (exact) mass is 269 g/mol. The predicted octanol–water partition coefficient (Wildman–Crippen LogP) is 2.26. The Morgan fingerprint density at radius 2 is 1.90 bits per heavy atom. The zero-order valence-corrected chi connectivity index (χ0v) is 12.0. The molecule has 0 heterocycles. The topological polar surface area (TPSA) is 45.7 Å². The van der Waals surface area contributed by atoms with E-state index in [9.17, 15) is 4.79 Å². The van der Waals surface area contributed by atoms with E-state index in [1.54, 1.807) is 0 Å². The number of nitrogens with two attached hydrogens (primary N) is 1. The summed E-state index contributed by atoms with van der Waals surface area (Å²) in [6.45, 7) is 4.54. The highest BCUT2D eigenvalue weighted by Crippen LogP contribution is 2.09. The SMILES string of the molecule is Cc1cccc(NC(=O)C[NH2+][C@@H](C)c2ccccc2)c1. The van der Waals surface area contributed by atoms with Crippen LogP contribution in [0.1, 0.15) is 24.1 Å². The van der Waals surface area contributed by atoms with Crippen molar-refractivity contribution in [3.05, 3.63) is 65.7 Å². The van der Waals surface area contributed by atoms with Gasteiger partial charge in [0.2, 0.25) is 0 Å². The van der Waals surface area contributed by atoms with Gasteiger partial charge in [0.25, 0.3) is 5.91 Å². The zero-order chi connectivity index (χ0) is 14.4. The van der Waals surface area contributed by atoms with Gasteiger partial charge in [0.15, 0.2) is 6.54 Å². The van der Waals surface area contributed by atoms with Crippen LogP contribution in [0.3, 0.4) is 0 Å². The fourth-order valence-electron chi connectivity index (χ4n) is 2.11. The minimum atomic E-state index is 0.0263. The Balaban J connectivity index is 1.83. The number of benzene rings is 2. The van der Waals surface area contributed by atoms with Crippen LogP contribution >= 0.6 is 0 Å². The lowest BCUT2D eigenvalue weighted by molar-refractivity contribution is -0.682. The summed E-state index contributed by atoms with van der Waals surface area (Å²) in [6.07, 6.45) is 0. The van der Waals surface area contributed by atoms with Crippen LogP contribution in [0.5, 0.6) is 0 Å². The molecule has 0 radical (unpaired) electrons. The van der Waals surface area contributed by atoms with E-state index in [2.05, 4.69) is 24.4 Å². The van der Waals surface area contributed by atoms with Crippen molar-refractivity contribution < 1.29 is 10.1 Å². The highest BCUT2D eigenvalue weighted by molar-refractivity contribution is 5.91. The number of nitrogens with one attached hydrogen (secondary N) is 1. The molecule has 3 nitrogen and oxygen atoms in total. The molecule has 2 rings (SSSR count). The summed E-state index contributed by atoms with van der Waals surface area (Å²) < 4.78 is 0. The minimum absolute atomic E-state index is 0.0263. The third-order valence-corrected chi connectivity index (χ3v) is 3.28. The summed E-state index contributed by atoms with van der Waals surface area (Å²) in [5.41, 5.74) is 3.23. The molecule has 20 heavy (non-hydrogen) atoms. The van der Waals surface area contributed by atoms with Crippen molar-refractivity contribution in [2.24, 2.45) is 0 Å². The number of anilines is 1. The van der Waals surface area contributed by atoms with Crippen molar-refractivity contribution in [2.45, 2.75) is 19.9 Å². The zero-order valence-electron chi connectivity index (χ0n) is 12.0. The Labute approximate surface area is 120 Å². The third-order valence-electron chi connectivity index (χ3n) is 3.28. The number of hydrogen-bond donors (Lipinski definition) is 2. The van der Waals surface area contributed by atoms with E-state index >= 15 is 0 Å². The first-order chi connectivity index (χ1) is 9.65. The maximum absolute atomic E-state index is 11.9. The van der Waals surface area contributed by atoms with Gasteiger partial charge in [-0.1, -0.05) is 42.5 Å². The molecule has 0 aliphatic carbocycles. The Bertz CT molecular complexity index is 566. The standard InChI is InChI=1S/C17H20N2O/c1-13-7-6-10-16(11-13)19-17(20)12-18-14(2)15-8-4-3-5-9-15/h3-11,14,18H,12H2,1-2H3,(H,19,20)/p+1/t14-/m0/s1. The van der Waals surface area contributed by atoms with Crippen LogP contribution in [0.15, 0.2) is 54.6 Å². The van der Waals surface area contributed by atoms with Crippen molar-refractivity contribution in [1.29, 1.82) is 0 Å². The van der Waals surface area contributed by atoms with Crippen LogP contribution in [-0.2, 0) is 4.79 Å². The van der Waals surface area contributed by atoms with E-state index in [0.29, 0.717) is 6.54 Å². The first kappa shape index (κ1) is 14.3. The number of carbonyl (C=O) groups excluding carboxylic acids is 1. The summed E-state index contributed by atoms with van der Waals surface area (Å²) in [4.78, 5) is 11.9. The molecule has 0 saturated heterocycles. The predicted molar refractivity (Wildman–Crippen MR) is 81.5 cm³/mol. The highest BCUT2D eigenvalue weighted by atomic mass is 16.1. The molecule has 0 unspecified atom stereocenters. The van der Waals surface area contributed by atoms with E-state index in [4.69, 9.17) is 0 Å². The third kappa shape index (κ3) is 4.21. The molecule has 0 aromatic heterocycles. The maximum atomic E-state index is 11.9. The summed E-state index contributed by atoms with van der Waals surface area (Å²) in [5, 5.41) is 4.96. The summed E-state index contributed by atoms with van der Waals surface area (Å²) in [5.74, 6) is 0.0263. The highest BCUT2D eigenvalue weighted by Gasteiger charge is 2.11. The summed E-state index contributed by atoms with van der Waals surface area (Å²) in [7, 11) is 0. The molecule has 0 fully saturated rings. The van der Waals surface area contributed by atoms with Crippen LogP contribution in [0.2, 0.25) is 0 Å². The Morgan fingerprint density at radius 3 is 2.60 bits per heavy atom. The van der Waals surface area contributed by atoms with Gasteiger partial charge in [0, 0.05) is 11.3 Å². The molecule has 1 amide bonds. The van der Waals surface area contributed by atoms with E-state index in [1.807, 2.05) is 54.7 Å². The van der Waals surface area contributed by atoms with Gasteiger partial charge in [-0.2, -0.15) is 0 Å². The Morgan fingerprint density at radius 1 is 1.15 bits per heavy atom. The lowest BCUT2D eigenvalue weighted by Crippen LogP contribution is -2.86. The smallest absolute Gasteiger partial charge is 0.279 e. The summed E-state index contributed by atoms with van der Waals surface area (Å²) in [6, 6.07) is 18.3. The van der Waals surface area contributed by atoms with Crippen molar-refractivity contribution >= 4 is 11.6 Å². The van der Waals surface area contributed by atoms with E-state index < -0.39 is 0 Å². The van der Waals surface area contributed by atoms with Gasteiger partial charge in [0.05, 0.1) is 0 Å². The average molecular weight is 269 g/mol. The Kier molecular flexibility index (Phi) is 4.91. The quantitative estimate of drug-likeness (QED) is 0.859. The molecule has 1 atom stereocenters. The molecule has 2 aromatic carbocycles. The van der Waals surface area contributed by atoms with Gasteiger partial charge in [-0.25, -0.2) is 0 Å². The number of hydrogen-bond acceptors (Lipinski definition) is 1. The average Bonchev–Trinajstić information content (AvgIpc) is 2.46.